The summed E-state index contributed by atoms with van der Waals surface area (Å²) in [5.41, 5.74) is 8.55. The molecule has 2 aromatic heterocycles. The zero-order valence-corrected chi connectivity index (χ0v) is 24.2. The van der Waals surface area contributed by atoms with Gasteiger partial charge in [0, 0.05) is 57.9 Å². The summed E-state index contributed by atoms with van der Waals surface area (Å²) in [6.45, 7) is 9.29. The van der Waals surface area contributed by atoms with Crippen LogP contribution < -0.4 is 21.0 Å². The van der Waals surface area contributed by atoms with Crippen molar-refractivity contribution in [2.24, 2.45) is 19.1 Å². The molecule has 1 saturated heterocycles. The Morgan fingerprint density at radius 2 is 1.44 bits per heavy atom. The fourth-order valence-electron chi connectivity index (χ4n) is 5.80. The number of aliphatic imine (C=N–C) groups is 1. The van der Waals surface area contributed by atoms with E-state index in [2.05, 4.69) is 51.3 Å². The van der Waals surface area contributed by atoms with Gasteiger partial charge in [-0.3, -0.25) is 24.0 Å². The second kappa shape index (κ2) is 10.3. The van der Waals surface area contributed by atoms with Gasteiger partial charge >= 0.3 is 5.69 Å². The molecule has 0 amide bonds. The second-order valence-corrected chi connectivity index (χ2v) is 10.9. The van der Waals surface area contributed by atoms with E-state index >= 15 is 0 Å². The molecule has 0 radical (unpaired) electrons. The van der Waals surface area contributed by atoms with Gasteiger partial charge in [-0.05, 0) is 56.7 Å². The Morgan fingerprint density at radius 3 is 2.12 bits per heavy atom. The first-order valence-corrected chi connectivity index (χ1v) is 13.9. The highest BCUT2D eigenvalue weighted by Crippen LogP contribution is 2.34. The number of para-hydroxylation sites is 1. The zero-order valence-electron chi connectivity index (χ0n) is 24.2. The van der Waals surface area contributed by atoms with Crippen LogP contribution in [0.25, 0.3) is 16.7 Å². The van der Waals surface area contributed by atoms with Gasteiger partial charge in [0.2, 0.25) is 0 Å². The molecule has 5 aromatic rings. The van der Waals surface area contributed by atoms with Crippen molar-refractivity contribution in [2.45, 2.75) is 20.8 Å². The summed E-state index contributed by atoms with van der Waals surface area (Å²) in [6.07, 6.45) is 1.65. The molecule has 3 heterocycles. The van der Waals surface area contributed by atoms with Gasteiger partial charge in [-0.2, -0.15) is 0 Å². The third-order valence-corrected chi connectivity index (χ3v) is 8.15. The number of rotatable bonds is 5. The minimum Gasteiger partial charge on any atom is -0.368 e. The zero-order chi connectivity index (χ0) is 28.8. The molecule has 0 spiro atoms. The monoisotopic (exact) mass is 549 g/mol. The van der Waals surface area contributed by atoms with Crippen LogP contribution in [0.1, 0.15) is 22.4 Å². The van der Waals surface area contributed by atoms with E-state index in [1.165, 1.54) is 5.69 Å². The Kier molecular flexibility index (Phi) is 6.65. The largest absolute Gasteiger partial charge is 0.368 e. The van der Waals surface area contributed by atoms with Crippen LogP contribution in [0.3, 0.4) is 0 Å². The van der Waals surface area contributed by atoms with E-state index in [1.807, 2.05) is 45.0 Å². The molecule has 0 atom stereocenters. The lowest BCUT2D eigenvalue weighted by molar-refractivity contribution is 0.654. The molecular formula is C32H35N7O2. The SMILES string of the molecule is Cc1ccc(-n2[nH]c(C)c(C=Nc3cc4c(cc3N3CCN(c5ccccc5)CC3)n(C)c(=O)n4C)c2=O)c(C)c1. The van der Waals surface area contributed by atoms with Crippen LogP contribution in [0.2, 0.25) is 0 Å². The molecule has 1 N–H and O–H groups in total. The molecule has 0 aliphatic carbocycles. The first-order valence-electron chi connectivity index (χ1n) is 13.9. The van der Waals surface area contributed by atoms with Gasteiger partial charge in [0.05, 0.1) is 33.7 Å². The highest BCUT2D eigenvalue weighted by atomic mass is 16.1. The van der Waals surface area contributed by atoms with Gasteiger partial charge in [-0.1, -0.05) is 35.9 Å². The van der Waals surface area contributed by atoms with E-state index in [0.29, 0.717) is 5.56 Å². The van der Waals surface area contributed by atoms with Gasteiger partial charge in [0.25, 0.3) is 5.56 Å². The fraction of sp³-hybridized carbons (Fsp3) is 0.281. The maximum Gasteiger partial charge on any atom is 0.328 e. The van der Waals surface area contributed by atoms with Crippen LogP contribution in [-0.2, 0) is 14.1 Å². The molecular weight excluding hydrogens is 514 g/mol. The first kappa shape index (κ1) is 26.4. The van der Waals surface area contributed by atoms with Crippen LogP contribution in [-0.4, -0.2) is 51.3 Å². The van der Waals surface area contributed by atoms with E-state index in [0.717, 1.165) is 71.1 Å². The smallest absolute Gasteiger partial charge is 0.328 e. The molecule has 9 nitrogen and oxygen atoms in total. The number of aryl methyl sites for hydroxylation is 5. The van der Waals surface area contributed by atoms with Crippen LogP contribution in [0, 0.1) is 20.8 Å². The number of anilines is 2. The predicted octanol–water partition coefficient (Wildman–Crippen LogP) is 4.36. The normalized spacial score (nSPS) is 14.1. The number of nitrogens with zero attached hydrogens (tertiary/aromatic N) is 6. The summed E-state index contributed by atoms with van der Waals surface area (Å²) in [6, 6.07) is 20.5. The quantitative estimate of drug-likeness (QED) is 0.330. The predicted molar refractivity (Wildman–Crippen MR) is 167 cm³/mol. The van der Waals surface area contributed by atoms with Crippen molar-refractivity contribution in [2.75, 3.05) is 36.0 Å². The Balaban J connectivity index is 1.39. The van der Waals surface area contributed by atoms with Crippen molar-refractivity contribution in [3.8, 4) is 5.69 Å². The molecule has 6 rings (SSSR count). The molecule has 3 aromatic carbocycles. The molecule has 1 aliphatic rings. The number of fused-ring (bicyclic) bond motifs is 1. The summed E-state index contributed by atoms with van der Waals surface area (Å²) in [4.78, 5) is 35.8. The molecule has 1 fully saturated rings. The van der Waals surface area contributed by atoms with Crippen molar-refractivity contribution < 1.29 is 0 Å². The highest BCUT2D eigenvalue weighted by molar-refractivity contribution is 5.91. The molecule has 41 heavy (non-hydrogen) atoms. The van der Waals surface area contributed by atoms with Crippen molar-refractivity contribution in [3.63, 3.8) is 0 Å². The van der Waals surface area contributed by atoms with Gasteiger partial charge in [-0.25, -0.2) is 9.48 Å². The van der Waals surface area contributed by atoms with Gasteiger partial charge < -0.3 is 9.80 Å². The molecule has 1 aliphatic heterocycles. The van der Waals surface area contributed by atoms with Gasteiger partial charge in [0.15, 0.2) is 0 Å². The number of aromatic nitrogens is 4. The summed E-state index contributed by atoms with van der Waals surface area (Å²) >= 11 is 0. The van der Waals surface area contributed by atoms with E-state index in [9.17, 15) is 9.59 Å². The second-order valence-electron chi connectivity index (χ2n) is 10.9. The third-order valence-electron chi connectivity index (χ3n) is 8.15. The lowest BCUT2D eigenvalue weighted by Crippen LogP contribution is -2.46. The summed E-state index contributed by atoms with van der Waals surface area (Å²) in [5.74, 6) is 0. The first-order chi connectivity index (χ1) is 19.7. The van der Waals surface area contributed by atoms with Crippen molar-refractivity contribution >= 4 is 34.3 Å². The minimum atomic E-state index is -0.149. The topological polar surface area (TPSA) is 83.6 Å². The third kappa shape index (κ3) is 4.67. The number of imidazole rings is 1. The Labute approximate surface area is 238 Å². The van der Waals surface area contributed by atoms with E-state index in [-0.39, 0.29) is 11.2 Å². The van der Waals surface area contributed by atoms with Crippen molar-refractivity contribution in [1.29, 1.82) is 0 Å². The molecule has 0 saturated carbocycles. The standard InChI is InChI=1S/C32H35N7O2/c1-21-11-12-27(22(2)17-21)39-31(40)25(23(3)34-39)20-33-26-18-29-30(36(5)32(41)35(29)4)19-28(26)38-15-13-37(14-16-38)24-9-7-6-8-10-24/h6-12,17-20,34H,13-16H2,1-5H3. The Bertz CT molecular complexity index is 1900. The molecule has 210 valence electrons. The maximum absolute atomic E-state index is 13.5. The van der Waals surface area contributed by atoms with E-state index in [4.69, 9.17) is 4.99 Å². The molecule has 0 unspecified atom stereocenters. The lowest BCUT2D eigenvalue weighted by atomic mass is 10.1. The summed E-state index contributed by atoms with van der Waals surface area (Å²) in [7, 11) is 3.57. The molecule has 0 bridgehead atoms. The van der Waals surface area contributed by atoms with Gasteiger partial charge in [0.1, 0.15) is 0 Å². The van der Waals surface area contributed by atoms with Gasteiger partial charge in [-0.15, -0.1) is 0 Å². The summed E-state index contributed by atoms with van der Waals surface area (Å²) in [5, 5.41) is 3.22. The molecule has 9 heteroatoms. The number of H-pyrrole nitrogens is 1. The number of piperazine rings is 1. The Hall–Kier alpha value is -4.79. The number of hydrogen-bond acceptors (Lipinski definition) is 5. The number of nitrogens with one attached hydrogen (secondary N) is 1. The highest BCUT2D eigenvalue weighted by Gasteiger charge is 2.22. The van der Waals surface area contributed by atoms with Crippen molar-refractivity contribution in [1.82, 2.24) is 18.9 Å². The van der Waals surface area contributed by atoms with Crippen LogP contribution >= 0.6 is 0 Å². The van der Waals surface area contributed by atoms with E-state index in [1.54, 1.807) is 34.1 Å². The van der Waals surface area contributed by atoms with Crippen molar-refractivity contribution in [3.05, 3.63) is 104 Å². The van der Waals surface area contributed by atoms with Crippen LogP contribution in [0.15, 0.2) is 75.2 Å². The maximum atomic E-state index is 13.5. The van der Waals surface area contributed by atoms with E-state index < -0.39 is 0 Å². The average Bonchev–Trinajstić information content (AvgIpc) is 3.37. The number of aromatic amines is 1. The number of hydrogen-bond donors (Lipinski definition) is 1. The average molecular weight is 550 g/mol. The minimum absolute atomic E-state index is 0.0844. The lowest BCUT2D eigenvalue weighted by Gasteiger charge is -2.37. The number of benzene rings is 3. The Morgan fingerprint density at radius 1 is 0.780 bits per heavy atom. The van der Waals surface area contributed by atoms with Crippen LogP contribution in [0.5, 0.6) is 0 Å². The van der Waals surface area contributed by atoms with Crippen LogP contribution in [0.4, 0.5) is 17.1 Å². The summed E-state index contributed by atoms with van der Waals surface area (Å²) < 4.78 is 4.89. The fourth-order valence-corrected chi connectivity index (χ4v) is 5.80.